The van der Waals surface area contributed by atoms with Gasteiger partial charge in [0.2, 0.25) is 5.91 Å². The lowest BCUT2D eigenvalue weighted by Gasteiger charge is -2.07. The standard InChI is InChI=1S/C12H12N2O/c1-8-6-12-10(4-3-5-13-12)7-11(8)14-9(2)15/h3-7H,1-2H3,(H,14,15). The third-order valence-corrected chi connectivity index (χ3v) is 2.26. The number of pyridine rings is 1. The molecule has 0 saturated carbocycles. The van der Waals surface area contributed by atoms with Gasteiger partial charge in [0.25, 0.3) is 0 Å². The van der Waals surface area contributed by atoms with Gasteiger partial charge < -0.3 is 5.32 Å². The van der Waals surface area contributed by atoms with Gasteiger partial charge in [-0.1, -0.05) is 6.07 Å². The van der Waals surface area contributed by atoms with Crippen molar-refractivity contribution in [3.05, 3.63) is 36.0 Å². The Labute approximate surface area is 88.1 Å². The molecule has 0 bridgehead atoms. The molecule has 1 heterocycles. The third-order valence-electron chi connectivity index (χ3n) is 2.26. The van der Waals surface area contributed by atoms with E-state index in [-0.39, 0.29) is 5.91 Å². The number of aromatic nitrogens is 1. The van der Waals surface area contributed by atoms with Crippen molar-refractivity contribution in [2.75, 3.05) is 5.32 Å². The van der Waals surface area contributed by atoms with Gasteiger partial charge in [-0.15, -0.1) is 0 Å². The van der Waals surface area contributed by atoms with Crippen LogP contribution in [0.5, 0.6) is 0 Å². The molecule has 2 rings (SSSR count). The molecule has 76 valence electrons. The summed E-state index contributed by atoms with van der Waals surface area (Å²) < 4.78 is 0. The molecule has 15 heavy (non-hydrogen) atoms. The molecule has 0 saturated heterocycles. The highest BCUT2D eigenvalue weighted by Crippen LogP contribution is 2.21. The summed E-state index contributed by atoms with van der Waals surface area (Å²) >= 11 is 0. The molecule has 0 aliphatic carbocycles. The predicted octanol–water partition coefficient (Wildman–Crippen LogP) is 2.50. The van der Waals surface area contributed by atoms with Crippen molar-refractivity contribution in [1.82, 2.24) is 4.98 Å². The van der Waals surface area contributed by atoms with Crippen molar-refractivity contribution in [3.63, 3.8) is 0 Å². The summed E-state index contributed by atoms with van der Waals surface area (Å²) in [5.74, 6) is -0.0543. The maximum Gasteiger partial charge on any atom is 0.221 e. The fourth-order valence-electron chi connectivity index (χ4n) is 1.55. The van der Waals surface area contributed by atoms with E-state index in [9.17, 15) is 4.79 Å². The lowest BCUT2D eigenvalue weighted by Crippen LogP contribution is -2.07. The number of benzene rings is 1. The molecule has 1 N–H and O–H groups in total. The topological polar surface area (TPSA) is 42.0 Å². The van der Waals surface area contributed by atoms with Crippen LogP contribution >= 0.6 is 0 Å². The maximum atomic E-state index is 11.0. The van der Waals surface area contributed by atoms with Gasteiger partial charge in [-0.25, -0.2) is 0 Å². The van der Waals surface area contributed by atoms with E-state index < -0.39 is 0 Å². The van der Waals surface area contributed by atoms with Crippen LogP contribution in [0.15, 0.2) is 30.5 Å². The number of rotatable bonds is 1. The molecule has 3 nitrogen and oxygen atoms in total. The van der Waals surface area contributed by atoms with Crippen molar-refractivity contribution in [2.24, 2.45) is 0 Å². The second-order valence-corrected chi connectivity index (χ2v) is 3.54. The Bertz CT molecular complexity index is 520. The van der Waals surface area contributed by atoms with Gasteiger partial charge in [-0.2, -0.15) is 0 Å². The Morgan fingerprint density at radius 1 is 1.40 bits per heavy atom. The van der Waals surface area contributed by atoms with Crippen LogP contribution in [0.4, 0.5) is 5.69 Å². The number of nitrogens with one attached hydrogen (secondary N) is 1. The Kier molecular flexibility index (Phi) is 2.37. The number of carbonyl (C=O) groups is 1. The Balaban J connectivity index is 2.56. The summed E-state index contributed by atoms with van der Waals surface area (Å²) in [5.41, 5.74) is 2.82. The van der Waals surface area contributed by atoms with Crippen molar-refractivity contribution in [2.45, 2.75) is 13.8 Å². The SMILES string of the molecule is CC(=O)Nc1cc2cccnc2cc1C. The molecule has 0 fully saturated rings. The highest BCUT2D eigenvalue weighted by Gasteiger charge is 2.02. The van der Waals surface area contributed by atoms with Crippen LogP contribution in [0, 0.1) is 6.92 Å². The number of fused-ring (bicyclic) bond motifs is 1. The van der Waals surface area contributed by atoms with Gasteiger partial charge in [0, 0.05) is 24.2 Å². The van der Waals surface area contributed by atoms with Crippen LogP contribution in [0.25, 0.3) is 10.9 Å². The second kappa shape index (κ2) is 3.69. The monoisotopic (exact) mass is 200 g/mol. The zero-order valence-electron chi connectivity index (χ0n) is 8.74. The summed E-state index contributed by atoms with van der Waals surface area (Å²) in [6.07, 6.45) is 1.76. The van der Waals surface area contributed by atoms with Crippen molar-refractivity contribution >= 4 is 22.5 Å². The minimum Gasteiger partial charge on any atom is -0.326 e. The Morgan fingerprint density at radius 2 is 2.20 bits per heavy atom. The van der Waals surface area contributed by atoms with Crippen LogP contribution in [0.1, 0.15) is 12.5 Å². The molecule has 3 heteroatoms. The normalized spacial score (nSPS) is 10.3. The van der Waals surface area contributed by atoms with E-state index in [4.69, 9.17) is 0 Å². The summed E-state index contributed by atoms with van der Waals surface area (Å²) in [7, 11) is 0. The molecule has 0 spiro atoms. The van der Waals surface area contributed by atoms with Crippen molar-refractivity contribution in [1.29, 1.82) is 0 Å². The predicted molar refractivity (Wildman–Crippen MR) is 60.8 cm³/mol. The van der Waals surface area contributed by atoms with Crippen molar-refractivity contribution in [3.8, 4) is 0 Å². The van der Waals surface area contributed by atoms with Crippen LogP contribution < -0.4 is 5.32 Å². The molecular formula is C12H12N2O. The zero-order chi connectivity index (χ0) is 10.8. The van der Waals surface area contributed by atoms with Crippen LogP contribution in [-0.2, 0) is 4.79 Å². The zero-order valence-corrected chi connectivity index (χ0v) is 8.74. The van der Waals surface area contributed by atoms with E-state index in [1.54, 1.807) is 6.20 Å². The Hall–Kier alpha value is -1.90. The average molecular weight is 200 g/mol. The van der Waals surface area contributed by atoms with E-state index in [2.05, 4.69) is 10.3 Å². The summed E-state index contributed by atoms with van der Waals surface area (Å²) in [6, 6.07) is 7.78. The third kappa shape index (κ3) is 1.96. The van der Waals surface area contributed by atoms with E-state index in [0.717, 1.165) is 22.2 Å². The maximum absolute atomic E-state index is 11.0. The van der Waals surface area contributed by atoms with Gasteiger partial charge in [0.05, 0.1) is 5.52 Å². The minimum absolute atomic E-state index is 0.0543. The molecule has 0 radical (unpaired) electrons. The lowest BCUT2D eigenvalue weighted by molar-refractivity contribution is -0.114. The first-order valence-corrected chi connectivity index (χ1v) is 4.80. The van der Waals surface area contributed by atoms with Crippen LogP contribution in [-0.4, -0.2) is 10.9 Å². The quantitative estimate of drug-likeness (QED) is 0.768. The smallest absolute Gasteiger partial charge is 0.221 e. The second-order valence-electron chi connectivity index (χ2n) is 3.54. The highest BCUT2D eigenvalue weighted by atomic mass is 16.1. The summed E-state index contributed by atoms with van der Waals surface area (Å²) in [5, 5.41) is 3.83. The van der Waals surface area contributed by atoms with Gasteiger partial charge in [0.1, 0.15) is 0 Å². The fourth-order valence-corrected chi connectivity index (χ4v) is 1.55. The number of hydrogen-bond donors (Lipinski definition) is 1. The molecule has 0 aliphatic rings. The number of anilines is 1. The van der Waals surface area contributed by atoms with E-state index >= 15 is 0 Å². The first-order valence-electron chi connectivity index (χ1n) is 4.80. The molecule has 1 aromatic heterocycles. The van der Waals surface area contributed by atoms with Crippen molar-refractivity contribution < 1.29 is 4.79 Å². The van der Waals surface area contributed by atoms with Gasteiger partial charge in [-0.3, -0.25) is 9.78 Å². The van der Waals surface area contributed by atoms with Crippen LogP contribution in [0.3, 0.4) is 0 Å². The first kappa shape index (κ1) is 9.65. The molecule has 1 amide bonds. The number of carbonyl (C=O) groups excluding carboxylic acids is 1. The average Bonchev–Trinajstić information content (AvgIpc) is 2.18. The molecule has 0 aliphatic heterocycles. The van der Waals surface area contributed by atoms with Gasteiger partial charge in [0.15, 0.2) is 0 Å². The summed E-state index contributed by atoms with van der Waals surface area (Å²) in [4.78, 5) is 15.2. The Morgan fingerprint density at radius 3 is 2.93 bits per heavy atom. The van der Waals surface area contributed by atoms with Gasteiger partial charge in [-0.05, 0) is 30.7 Å². The molecule has 0 unspecified atom stereocenters. The first-order chi connectivity index (χ1) is 7.16. The molecule has 0 atom stereocenters. The van der Waals surface area contributed by atoms with Gasteiger partial charge >= 0.3 is 0 Å². The number of aryl methyl sites for hydroxylation is 1. The summed E-state index contributed by atoms with van der Waals surface area (Å²) in [6.45, 7) is 3.46. The molecule has 1 aromatic carbocycles. The molecular weight excluding hydrogens is 188 g/mol. The number of nitrogens with zero attached hydrogens (tertiary/aromatic N) is 1. The largest absolute Gasteiger partial charge is 0.326 e. The number of hydrogen-bond acceptors (Lipinski definition) is 2. The fraction of sp³-hybridized carbons (Fsp3) is 0.167. The lowest BCUT2D eigenvalue weighted by atomic mass is 10.1. The highest BCUT2D eigenvalue weighted by molar-refractivity contribution is 5.93. The van der Waals surface area contributed by atoms with E-state index in [1.165, 1.54) is 6.92 Å². The van der Waals surface area contributed by atoms with E-state index in [0.29, 0.717) is 0 Å². The minimum atomic E-state index is -0.0543. The number of amides is 1. The van der Waals surface area contributed by atoms with E-state index in [1.807, 2.05) is 31.2 Å². The molecule has 2 aromatic rings. The van der Waals surface area contributed by atoms with Crippen LogP contribution in [0.2, 0.25) is 0 Å².